The molecule has 0 atom stereocenters. The van der Waals surface area contributed by atoms with E-state index in [0.717, 1.165) is 0 Å². The van der Waals surface area contributed by atoms with Gasteiger partial charge in [-0.15, -0.1) is 5.92 Å². The van der Waals surface area contributed by atoms with Gasteiger partial charge in [-0.1, -0.05) is 23.6 Å². The summed E-state index contributed by atoms with van der Waals surface area (Å²) in [6, 6.07) is 5.00. The fourth-order valence-electron chi connectivity index (χ4n) is 1.62. The molecule has 3 nitrogen and oxygen atoms in total. The summed E-state index contributed by atoms with van der Waals surface area (Å²) in [5.74, 6) is 4.33. The molecule has 0 radical (unpaired) electrons. The van der Waals surface area contributed by atoms with Crippen LogP contribution in [0.2, 0.25) is 5.02 Å². The van der Waals surface area contributed by atoms with Crippen LogP contribution in [0.5, 0.6) is 0 Å². The Morgan fingerprint density at radius 3 is 2.81 bits per heavy atom. The Morgan fingerprint density at radius 2 is 2.12 bits per heavy atom. The first-order valence-corrected chi connectivity index (χ1v) is 5.09. The van der Waals surface area contributed by atoms with Crippen LogP contribution in [0.15, 0.2) is 18.2 Å². The molecule has 1 aromatic carbocycles. The van der Waals surface area contributed by atoms with Crippen molar-refractivity contribution >= 4 is 29.0 Å². The summed E-state index contributed by atoms with van der Waals surface area (Å²) >= 11 is 5.89. The molecule has 0 aromatic heterocycles. The second kappa shape index (κ2) is 3.99. The van der Waals surface area contributed by atoms with Crippen LogP contribution in [0, 0.1) is 11.8 Å². The van der Waals surface area contributed by atoms with Gasteiger partial charge in [0.2, 0.25) is 0 Å². The largest absolute Gasteiger partial charge is 0.300 e. The van der Waals surface area contributed by atoms with Crippen molar-refractivity contribution in [2.75, 3.05) is 11.4 Å². The van der Waals surface area contributed by atoms with Crippen LogP contribution >= 0.6 is 11.6 Å². The molecule has 1 aliphatic rings. The summed E-state index contributed by atoms with van der Waals surface area (Å²) < 4.78 is 0. The third kappa shape index (κ3) is 1.48. The smallest absolute Gasteiger partial charge is 0.293 e. The quantitative estimate of drug-likeness (QED) is 0.549. The molecule has 1 heterocycles. The third-order valence-electron chi connectivity index (χ3n) is 2.36. The SMILES string of the molecule is CC#CCN1C(=O)C(=O)c2c(Cl)cccc21. The van der Waals surface area contributed by atoms with Crippen molar-refractivity contribution in [3.05, 3.63) is 28.8 Å². The fraction of sp³-hybridized carbons (Fsp3) is 0.167. The number of fused-ring (bicyclic) bond motifs is 1. The lowest BCUT2D eigenvalue weighted by atomic mass is 10.1. The van der Waals surface area contributed by atoms with Gasteiger partial charge in [0.25, 0.3) is 11.7 Å². The highest BCUT2D eigenvalue weighted by Crippen LogP contribution is 2.33. The predicted molar refractivity (Wildman–Crippen MR) is 61.6 cm³/mol. The molecule has 1 amide bonds. The molecule has 0 unspecified atom stereocenters. The number of rotatable bonds is 1. The van der Waals surface area contributed by atoms with E-state index in [1.54, 1.807) is 25.1 Å². The van der Waals surface area contributed by atoms with Crippen LogP contribution in [0.25, 0.3) is 0 Å². The lowest BCUT2D eigenvalue weighted by Crippen LogP contribution is -2.29. The Morgan fingerprint density at radius 1 is 1.38 bits per heavy atom. The number of anilines is 1. The Kier molecular flexibility index (Phi) is 2.67. The standard InChI is InChI=1S/C12H8ClNO2/c1-2-3-7-14-9-6-4-5-8(13)10(9)11(15)12(14)16/h4-6H,7H2,1H3. The van der Waals surface area contributed by atoms with Gasteiger partial charge >= 0.3 is 0 Å². The summed E-state index contributed by atoms with van der Waals surface area (Å²) in [4.78, 5) is 24.7. The van der Waals surface area contributed by atoms with E-state index in [2.05, 4.69) is 11.8 Å². The highest BCUT2D eigenvalue weighted by atomic mass is 35.5. The fourth-order valence-corrected chi connectivity index (χ4v) is 1.87. The first kappa shape index (κ1) is 10.7. The minimum atomic E-state index is -0.564. The van der Waals surface area contributed by atoms with Gasteiger partial charge in [0.05, 0.1) is 22.8 Å². The van der Waals surface area contributed by atoms with E-state index in [1.165, 1.54) is 4.90 Å². The number of halogens is 1. The van der Waals surface area contributed by atoms with Crippen LogP contribution in [0.3, 0.4) is 0 Å². The van der Waals surface area contributed by atoms with Gasteiger partial charge in [-0.2, -0.15) is 0 Å². The maximum Gasteiger partial charge on any atom is 0.300 e. The van der Waals surface area contributed by atoms with Crippen molar-refractivity contribution in [2.24, 2.45) is 0 Å². The average molecular weight is 234 g/mol. The molecular weight excluding hydrogens is 226 g/mol. The van der Waals surface area contributed by atoms with E-state index >= 15 is 0 Å². The molecule has 0 N–H and O–H groups in total. The van der Waals surface area contributed by atoms with Crippen molar-refractivity contribution in [2.45, 2.75) is 6.92 Å². The minimum Gasteiger partial charge on any atom is -0.293 e. The highest BCUT2D eigenvalue weighted by Gasteiger charge is 2.36. The summed E-state index contributed by atoms with van der Waals surface area (Å²) in [7, 11) is 0. The number of hydrogen-bond acceptors (Lipinski definition) is 2. The predicted octanol–water partition coefficient (Wildman–Crippen LogP) is 1.89. The number of nitrogens with zero attached hydrogens (tertiary/aromatic N) is 1. The van der Waals surface area contributed by atoms with E-state index in [4.69, 9.17) is 11.6 Å². The molecule has 0 saturated heterocycles. The zero-order chi connectivity index (χ0) is 11.7. The molecule has 0 aliphatic carbocycles. The minimum absolute atomic E-state index is 0.217. The maximum atomic E-state index is 11.7. The van der Waals surface area contributed by atoms with Crippen LogP contribution in [0.1, 0.15) is 17.3 Å². The van der Waals surface area contributed by atoms with Crippen molar-refractivity contribution in [1.82, 2.24) is 0 Å². The average Bonchev–Trinajstić information content (AvgIpc) is 2.51. The van der Waals surface area contributed by atoms with Crippen LogP contribution < -0.4 is 4.90 Å². The third-order valence-corrected chi connectivity index (χ3v) is 2.68. The lowest BCUT2D eigenvalue weighted by Gasteiger charge is -2.12. The van der Waals surface area contributed by atoms with Gasteiger partial charge in [-0.3, -0.25) is 14.5 Å². The molecule has 0 fully saturated rings. The molecule has 1 aliphatic heterocycles. The Balaban J connectivity index is 2.53. The molecule has 2 rings (SSSR count). The van der Waals surface area contributed by atoms with Crippen molar-refractivity contribution in [3.8, 4) is 11.8 Å². The van der Waals surface area contributed by atoms with Gasteiger partial charge in [0, 0.05) is 0 Å². The number of carbonyl (C=O) groups excluding carboxylic acids is 2. The van der Waals surface area contributed by atoms with E-state index in [9.17, 15) is 9.59 Å². The number of Topliss-reactive ketones (excluding diaryl/α,β-unsaturated/α-hetero) is 1. The highest BCUT2D eigenvalue weighted by molar-refractivity contribution is 6.55. The molecule has 80 valence electrons. The lowest BCUT2D eigenvalue weighted by molar-refractivity contribution is -0.114. The van der Waals surface area contributed by atoms with Crippen molar-refractivity contribution < 1.29 is 9.59 Å². The normalized spacial score (nSPS) is 13.5. The molecule has 0 bridgehead atoms. The number of amides is 1. The summed E-state index contributed by atoms with van der Waals surface area (Å²) in [5, 5.41) is 0.308. The summed E-state index contributed by atoms with van der Waals surface area (Å²) in [6.07, 6.45) is 0. The Hall–Kier alpha value is -1.79. The van der Waals surface area contributed by atoms with Crippen LogP contribution in [-0.2, 0) is 4.79 Å². The zero-order valence-electron chi connectivity index (χ0n) is 8.58. The van der Waals surface area contributed by atoms with Gasteiger partial charge in [-0.05, 0) is 19.1 Å². The van der Waals surface area contributed by atoms with Gasteiger partial charge < -0.3 is 0 Å². The van der Waals surface area contributed by atoms with Gasteiger partial charge in [-0.25, -0.2) is 0 Å². The van der Waals surface area contributed by atoms with Gasteiger partial charge in [0.1, 0.15) is 0 Å². The molecule has 16 heavy (non-hydrogen) atoms. The second-order valence-corrected chi connectivity index (χ2v) is 3.69. The Labute approximate surface area is 98.0 Å². The second-order valence-electron chi connectivity index (χ2n) is 3.28. The monoisotopic (exact) mass is 233 g/mol. The number of benzene rings is 1. The van der Waals surface area contributed by atoms with Crippen molar-refractivity contribution in [1.29, 1.82) is 0 Å². The molecule has 1 aromatic rings. The van der Waals surface area contributed by atoms with E-state index < -0.39 is 11.7 Å². The van der Waals surface area contributed by atoms with E-state index in [0.29, 0.717) is 10.7 Å². The summed E-state index contributed by atoms with van der Waals surface area (Å²) in [5.41, 5.74) is 0.831. The topological polar surface area (TPSA) is 37.4 Å². The van der Waals surface area contributed by atoms with Crippen LogP contribution in [-0.4, -0.2) is 18.2 Å². The zero-order valence-corrected chi connectivity index (χ0v) is 9.34. The molecular formula is C12H8ClNO2. The molecule has 4 heteroatoms. The number of hydrogen-bond donors (Lipinski definition) is 0. The summed E-state index contributed by atoms with van der Waals surface area (Å²) in [6.45, 7) is 1.90. The van der Waals surface area contributed by atoms with E-state index in [1.807, 2.05) is 0 Å². The number of ketones is 1. The molecule has 0 saturated carbocycles. The first-order valence-electron chi connectivity index (χ1n) is 4.71. The van der Waals surface area contributed by atoms with Crippen LogP contribution in [0.4, 0.5) is 5.69 Å². The van der Waals surface area contributed by atoms with Crippen molar-refractivity contribution in [3.63, 3.8) is 0 Å². The number of carbonyl (C=O) groups is 2. The molecule has 0 spiro atoms. The van der Waals surface area contributed by atoms with E-state index in [-0.39, 0.29) is 12.1 Å². The maximum absolute atomic E-state index is 11.7. The first-order chi connectivity index (χ1) is 7.66. The Bertz CT molecular complexity index is 540. The van der Waals surface area contributed by atoms with Gasteiger partial charge in [0.15, 0.2) is 0 Å².